The van der Waals surface area contributed by atoms with Crippen LogP contribution in [0.1, 0.15) is 12.0 Å². The first-order valence-electron chi connectivity index (χ1n) is 4.55. The summed E-state index contributed by atoms with van der Waals surface area (Å²) in [6.07, 6.45) is 1.73. The highest BCUT2D eigenvalue weighted by Gasteiger charge is 2.15. The van der Waals surface area contributed by atoms with Gasteiger partial charge >= 0.3 is 0 Å². The third kappa shape index (κ3) is 3.00. The number of benzene rings is 1. The molecule has 0 fully saturated rings. The monoisotopic (exact) mass is 232 g/mol. The zero-order valence-electron chi connectivity index (χ0n) is 8.40. The summed E-state index contributed by atoms with van der Waals surface area (Å²) in [5.74, 6) is -0.701. The molecule has 1 aromatic rings. The Morgan fingerprint density at radius 1 is 1.40 bits per heavy atom. The highest BCUT2D eigenvalue weighted by Crippen LogP contribution is 2.18. The standard InChI is InChI=1S/C10H13FO3S/c1-15(13,14)9-6-2-4-8(10(9)11)5-3-7-12/h2,4,6,12H,3,5,7H2,1H3. The smallest absolute Gasteiger partial charge is 0.178 e. The summed E-state index contributed by atoms with van der Waals surface area (Å²) in [4.78, 5) is -0.280. The fourth-order valence-electron chi connectivity index (χ4n) is 1.31. The molecule has 0 saturated carbocycles. The summed E-state index contributed by atoms with van der Waals surface area (Å²) in [6, 6.07) is 4.28. The molecule has 0 aliphatic rings. The molecular formula is C10H13FO3S. The van der Waals surface area contributed by atoms with E-state index in [0.717, 1.165) is 6.26 Å². The maximum absolute atomic E-state index is 13.6. The zero-order chi connectivity index (χ0) is 11.5. The number of sulfone groups is 1. The van der Waals surface area contributed by atoms with Gasteiger partial charge in [0.25, 0.3) is 0 Å². The molecule has 0 unspecified atom stereocenters. The molecule has 0 heterocycles. The van der Waals surface area contributed by atoms with Crippen LogP contribution in [0, 0.1) is 5.82 Å². The van der Waals surface area contributed by atoms with Crippen molar-refractivity contribution in [2.75, 3.05) is 12.9 Å². The third-order valence-corrected chi connectivity index (χ3v) is 3.16. The van der Waals surface area contributed by atoms with Crippen molar-refractivity contribution in [2.45, 2.75) is 17.7 Å². The highest BCUT2D eigenvalue weighted by atomic mass is 32.2. The lowest BCUT2D eigenvalue weighted by Gasteiger charge is -2.05. The molecule has 1 aromatic carbocycles. The lowest BCUT2D eigenvalue weighted by Crippen LogP contribution is -2.04. The van der Waals surface area contributed by atoms with Crippen molar-refractivity contribution in [3.8, 4) is 0 Å². The van der Waals surface area contributed by atoms with E-state index in [1.807, 2.05) is 0 Å². The van der Waals surface area contributed by atoms with Crippen LogP contribution in [0.2, 0.25) is 0 Å². The number of aliphatic hydroxyl groups excluding tert-OH is 1. The van der Waals surface area contributed by atoms with E-state index >= 15 is 0 Å². The minimum atomic E-state index is -3.52. The normalized spacial score (nSPS) is 11.7. The molecule has 0 bridgehead atoms. The van der Waals surface area contributed by atoms with Gasteiger partial charge in [0.2, 0.25) is 0 Å². The Hall–Kier alpha value is -0.940. The topological polar surface area (TPSA) is 54.4 Å². The van der Waals surface area contributed by atoms with Crippen molar-refractivity contribution in [3.63, 3.8) is 0 Å². The van der Waals surface area contributed by atoms with Gasteiger partial charge in [-0.1, -0.05) is 12.1 Å². The van der Waals surface area contributed by atoms with E-state index in [2.05, 4.69) is 0 Å². The van der Waals surface area contributed by atoms with Gasteiger partial charge in [0.1, 0.15) is 10.7 Å². The van der Waals surface area contributed by atoms with Crippen LogP contribution in [0.5, 0.6) is 0 Å². The Bertz CT molecular complexity index is 440. The van der Waals surface area contributed by atoms with Crippen LogP contribution in [0.4, 0.5) is 4.39 Å². The fraction of sp³-hybridized carbons (Fsp3) is 0.400. The first-order chi connectivity index (χ1) is 6.96. The average Bonchev–Trinajstić information content (AvgIpc) is 2.14. The Labute approximate surface area is 88.5 Å². The second-order valence-electron chi connectivity index (χ2n) is 3.33. The summed E-state index contributed by atoms with van der Waals surface area (Å²) in [5, 5.41) is 8.61. The number of hydrogen-bond donors (Lipinski definition) is 1. The van der Waals surface area contributed by atoms with E-state index in [9.17, 15) is 12.8 Å². The van der Waals surface area contributed by atoms with Gasteiger partial charge in [-0.3, -0.25) is 0 Å². The molecule has 0 atom stereocenters. The van der Waals surface area contributed by atoms with Gasteiger partial charge in [0, 0.05) is 12.9 Å². The van der Waals surface area contributed by atoms with Crippen molar-refractivity contribution in [1.82, 2.24) is 0 Å². The van der Waals surface area contributed by atoms with Gasteiger partial charge in [-0.05, 0) is 24.5 Å². The van der Waals surface area contributed by atoms with E-state index in [4.69, 9.17) is 5.11 Å². The Kier molecular flexibility index (Phi) is 3.82. The van der Waals surface area contributed by atoms with Crippen LogP contribution < -0.4 is 0 Å². The van der Waals surface area contributed by atoms with Gasteiger partial charge < -0.3 is 5.11 Å². The molecule has 0 saturated heterocycles. The van der Waals surface area contributed by atoms with Crippen molar-refractivity contribution in [1.29, 1.82) is 0 Å². The predicted molar refractivity (Wildman–Crippen MR) is 54.9 cm³/mol. The van der Waals surface area contributed by atoms with Gasteiger partial charge in [-0.2, -0.15) is 0 Å². The molecule has 84 valence electrons. The van der Waals surface area contributed by atoms with E-state index in [1.165, 1.54) is 18.2 Å². The van der Waals surface area contributed by atoms with E-state index in [1.54, 1.807) is 0 Å². The molecule has 0 radical (unpaired) electrons. The van der Waals surface area contributed by atoms with Gasteiger partial charge in [0.05, 0.1) is 0 Å². The second kappa shape index (κ2) is 4.72. The third-order valence-electron chi connectivity index (χ3n) is 2.05. The zero-order valence-corrected chi connectivity index (χ0v) is 9.22. The first kappa shape index (κ1) is 12.1. The van der Waals surface area contributed by atoms with Crippen LogP contribution >= 0.6 is 0 Å². The van der Waals surface area contributed by atoms with Gasteiger partial charge in [-0.15, -0.1) is 0 Å². The van der Waals surface area contributed by atoms with Crippen LogP contribution in [0.15, 0.2) is 23.1 Å². The summed E-state index contributed by atoms with van der Waals surface area (Å²) in [5.41, 5.74) is 0.326. The minimum Gasteiger partial charge on any atom is -0.396 e. The predicted octanol–water partition coefficient (Wildman–Crippen LogP) is 1.15. The van der Waals surface area contributed by atoms with Crippen molar-refractivity contribution < 1.29 is 17.9 Å². The second-order valence-corrected chi connectivity index (χ2v) is 5.31. The number of aryl methyl sites for hydroxylation is 1. The molecular weight excluding hydrogens is 219 g/mol. The summed E-state index contributed by atoms with van der Waals surface area (Å²) >= 11 is 0. The molecule has 1 rings (SSSR count). The fourth-order valence-corrected chi connectivity index (χ4v) is 2.09. The molecule has 1 N–H and O–H groups in total. The largest absolute Gasteiger partial charge is 0.396 e. The lowest BCUT2D eigenvalue weighted by atomic mass is 10.1. The molecule has 3 nitrogen and oxygen atoms in total. The van der Waals surface area contributed by atoms with Crippen LogP contribution in [-0.4, -0.2) is 26.4 Å². The number of halogens is 1. The molecule has 0 amide bonds. The van der Waals surface area contributed by atoms with E-state index in [-0.39, 0.29) is 11.5 Å². The number of rotatable bonds is 4. The van der Waals surface area contributed by atoms with E-state index in [0.29, 0.717) is 18.4 Å². The molecule has 0 aliphatic heterocycles. The SMILES string of the molecule is CS(=O)(=O)c1cccc(CCCO)c1F. The summed E-state index contributed by atoms with van der Waals surface area (Å²) in [6.45, 7) is -0.0391. The van der Waals surface area contributed by atoms with Crippen LogP contribution in [-0.2, 0) is 16.3 Å². The maximum Gasteiger partial charge on any atom is 0.178 e. The molecule has 5 heteroatoms. The summed E-state index contributed by atoms with van der Waals surface area (Å²) in [7, 11) is -3.52. The Balaban J connectivity index is 3.12. The van der Waals surface area contributed by atoms with E-state index < -0.39 is 15.7 Å². The van der Waals surface area contributed by atoms with Crippen LogP contribution in [0.25, 0.3) is 0 Å². The first-order valence-corrected chi connectivity index (χ1v) is 6.44. The van der Waals surface area contributed by atoms with Crippen molar-refractivity contribution in [2.24, 2.45) is 0 Å². The maximum atomic E-state index is 13.6. The lowest BCUT2D eigenvalue weighted by molar-refractivity contribution is 0.288. The number of aliphatic hydroxyl groups is 1. The quantitative estimate of drug-likeness (QED) is 0.847. The summed E-state index contributed by atoms with van der Waals surface area (Å²) < 4.78 is 36.0. The molecule has 0 aromatic heterocycles. The molecule has 0 spiro atoms. The number of hydrogen-bond acceptors (Lipinski definition) is 3. The Morgan fingerprint density at radius 2 is 2.07 bits per heavy atom. The Morgan fingerprint density at radius 3 is 2.60 bits per heavy atom. The molecule has 15 heavy (non-hydrogen) atoms. The van der Waals surface area contributed by atoms with Crippen LogP contribution in [0.3, 0.4) is 0 Å². The van der Waals surface area contributed by atoms with Crippen molar-refractivity contribution in [3.05, 3.63) is 29.6 Å². The minimum absolute atomic E-state index is 0.0391. The van der Waals surface area contributed by atoms with Gasteiger partial charge in [0.15, 0.2) is 9.84 Å². The van der Waals surface area contributed by atoms with Gasteiger partial charge in [-0.25, -0.2) is 12.8 Å². The van der Waals surface area contributed by atoms with Crippen molar-refractivity contribution >= 4 is 9.84 Å². The average molecular weight is 232 g/mol. The highest BCUT2D eigenvalue weighted by molar-refractivity contribution is 7.90. The molecule has 0 aliphatic carbocycles.